The molecule has 1 fully saturated rings. The van der Waals surface area contributed by atoms with Crippen LogP contribution >= 0.6 is 0 Å². The predicted octanol–water partition coefficient (Wildman–Crippen LogP) is 6.63. The standard InChI is InChI=1S/C23H31N/c1-4-6-19-8-13-22(15-17(19)3)20-9-11-21(12-10-20)23-14-7-18(5-2)16-24-23/h7,9-12,14,16-17,19,22H,4-6,8,13,15H2,1-3H3/t17-,19+,22+/m0/s1. The Labute approximate surface area is 147 Å². The van der Waals surface area contributed by atoms with E-state index in [-0.39, 0.29) is 0 Å². The maximum atomic E-state index is 4.60. The zero-order valence-corrected chi connectivity index (χ0v) is 15.5. The summed E-state index contributed by atoms with van der Waals surface area (Å²) in [5.74, 6) is 2.57. The largest absolute Gasteiger partial charge is 0.256 e. The summed E-state index contributed by atoms with van der Waals surface area (Å²) >= 11 is 0. The minimum atomic E-state index is 0.748. The molecule has 1 heterocycles. The van der Waals surface area contributed by atoms with Crippen LogP contribution in [-0.4, -0.2) is 4.98 Å². The quantitative estimate of drug-likeness (QED) is 0.602. The number of hydrogen-bond donors (Lipinski definition) is 0. The van der Waals surface area contributed by atoms with E-state index >= 15 is 0 Å². The van der Waals surface area contributed by atoms with Gasteiger partial charge in [0.1, 0.15) is 0 Å². The third-order valence-corrected chi connectivity index (χ3v) is 5.92. The molecular formula is C23H31N. The van der Waals surface area contributed by atoms with Crippen LogP contribution < -0.4 is 0 Å². The Morgan fingerprint density at radius 1 is 1.00 bits per heavy atom. The van der Waals surface area contributed by atoms with Crippen LogP contribution in [0.4, 0.5) is 0 Å². The van der Waals surface area contributed by atoms with Crippen LogP contribution in [0.2, 0.25) is 0 Å². The van der Waals surface area contributed by atoms with Gasteiger partial charge in [0.15, 0.2) is 0 Å². The van der Waals surface area contributed by atoms with Crippen molar-refractivity contribution in [3.8, 4) is 11.3 Å². The summed E-state index contributed by atoms with van der Waals surface area (Å²) in [6.07, 6.45) is 9.90. The zero-order chi connectivity index (χ0) is 16.9. The lowest BCUT2D eigenvalue weighted by Crippen LogP contribution is -2.21. The Morgan fingerprint density at radius 2 is 1.79 bits per heavy atom. The van der Waals surface area contributed by atoms with E-state index in [1.165, 1.54) is 48.8 Å². The lowest BCUT2D eigenvalue weighted by molar-refractivity contribution is 0.218. The molecule has 1 nitrogen and oxygen atoms in total. The van der Waals surface area contributed by atoms with Gasteiger partial charge in [0, 0.05) is 11.8 Å². The van der Waals surface area contributed by atoms with Crippen LogP contribution in [-0.2, 0) is 6.42 Å². The van der Waals surface area contributed by atoms with Crippen molar-refractivity contribution in [1.82, 2.24) is 4.98 Å². The first kappa shape index (κ1) is 17.2. The molecule has 1 saturated carbocycles. The van der Waals surface area contributed by atoms with Gasteiger partial charge in [-0.05, 0) is 60.6 Å². The molecule has 3 atom stereocenters. The number of rotatable bonds is 5. The van der Waals surface area contributed by atoms with E-state index in [2.05, 4.69) is 62.2 Å². The van der Waals surface area contributed by atoms with E-state index in [0.29, 0.717) is 0 Å². The first-order chi connectivity index (χ1) is 11.7. The van der Waals surface area contributed by atoms with Crippen molar-refractivity contribution < 1.29 is 0 Å². The normalized spacial score (nSPS) is 24.0. The maximum Gasteiger partial charge on any atom is 0.0702 e. The van der Waals surface area contributed by atoms with Crippen molar-refractivity contribution >= 4 is 0 Å². The van der Waals surface area contributed by atoms with E-state index in [1.807, 2.05) is 6.20 Å². The summed E-state index contributed by atoms with van der Waals surface area (Å²) in [7, 11) is 0. The molecule has 1 aromatic carbocycles. The Morgan fingerprint density at radius 3 is 2.38 bits per heavy atom. The van der Waals surface area contributed by atoms with Gasteiger partial charge in [-0.2, -0.15) is 0 Å². The molecular weight excluding hydrogens is 290 g/mol. The summed E-state index contributed by atoms with van der Waals surface area (Å²) in [6.45, 7) is 6.94. The van der Waals surface area contributed by atoms with Crippen molar-refractivity contribution in [1.29, 1.82) is 0 Å². The van der Waals surface area contributed by atoms with Gasteiger partial charge in [0.2, 0.25) is 0 Å². The molecule has 0 unspecified atom stereocenters. The molecule has 2 aromatic rings. The molecule has 1 heteroatoms. The van der Waals surface area contributed by atoms with Gasteiger partial charge >= 0.3 is 0 Å². The minimum absolute atomic E-state index is 0.748. The van der Waals surface area contributed by atoms with Crippen molar-refractivity contribution in [3.05, 3.63) is 53.7 Å². The fraction of sp³-hybridized carbons (Fsp3) is 0.522. The van der Waals surface area contributed by atoms with Crippen LogP contribution in [0.25, 0.3) is 11.3 Å². The summed E-state index contributed by atoms with van der Waals surface area (Å²) < 4.78 is 0. The lowest BCUT2D eigenvalue weighted by atomic mass is 9.71. The van der Waals surface area contributed by atoms with Gasteiger partial charge in [-0.3, -0.25) is 4.98 Å². The van der Waals surface area contributed by atoms with E-state index in [4.69, 9.17) is 0 Å². The highest BCUT2D eigenvalue weighted by Crippen LogP contribution is 2.41. The molecule has 1 aromatic heterocycles. The summed E-state index contributed by atoms with van der Waals surface area (Å²) in [5, 5.41) is 0. The molecule has 0 amide bonds. The highest BCUT2D eigenvalue weighted by atomic mass is 14.7. The summed E-state index contributed by atoms with van der Waals surface area (Å²) in [6, 6.07) is 13.5. The van der Waals surface area contributed by atoms with Gasteiger partial charge in [-0.1, -0.05) is 63.9 Å². The average Bonchev–Trinajstić information content (AvgIpc) is 2.64. The smallest absolute Gasteiger partial charge is 0.0702 e. The number of aromatic nitrogens is 1. The molecule has 24 heavy (non-hydrogen) atoms. The topological polar surface area (TPSA) is 12.9 Å². The van der Waals surface area contributed by atoms with E-state index in [9.17, 15) is 0 Å². The van der Waals surface area contributed by atoms with Gasteiger partial charge in [0.05, 0.1) is 5.69 Å². The second-order valence-electron chi connectivity index (χ2n) is 7.56. The molecule has 128 valence electrons. The van der Waals surface area contributed by atoms with Crippen molar-refractivity contribution in [3.63, 3.8) is 0 Å². The molecule has 0 aliphatic heterocycles. The van der Waals surface area contributed by atoms with E-state index in [1.54, 1.807) is 0 Å². The highest BCUT2D eigenvalue weighted by molar-refractivity contribution is 5.59. The number of nitrogens with zero attached hydrogens (tertiary/aromatic N) is 1. The van der Waals surface area contributed by atoms with Gasteiger partial charge in [-0.25, -0.2) is 0 Å². The average molecular weight is 322 g/mol. The van der Waals surface area contributed by atoms with E-state index in [0.717, 1.165) is 29.9 Å². The fourth-order valence-electron chi connectivity index (χ4n) is 4.29. The van der Waals surface area contributed by atoms with Crippen LogP contribution in [0.5, 0.6) is 0 Å². The second-order valence-corrected chi connectivity index (χ2v) is 7.56. The van der Waals surface area contributed by atoms with Crippen LogP contribution in [0.3, 0.4) is 0 Å². The first-order valence-corrected chi connectivity index (χ1v) is 9.76. The number of pyridine rings is 1. The van der Waals surface area contributed by atoms with Crippen LogP contribution in [0.1, 0.15) is 69.9 Å². The van der Waals surface area contributed by atoms with Crippen LogP contribution in [0.15, 0.2) is 42.6 Å². The molecule has 0 radical (unpaired) electrons. The summed E-state index contributed by atoms with van der Waals surface area (Å²) in [5.41, 5.74) is 5.13. The number of hydrogen-bond acceptors (Lipinski definition) is 1. The zero-order valence-electron chi connectivity index (χ0n) is 15.5. The monoisotopic (exact) mass is 321 g/mol. The van der Waals surface area contributed by atoms with Gasteiger partial charge in [-0.15, -0.1) is 0 Å². The minimum Gasteiger partial charge on any atom is -0.256 e. The Kier molecular flexibility index (Phi) is 5.71. The Bertz CT molecular complexity index is 626. The number of benzene rings is 1. The lowest BCUT2D eigenvalue weighted by Gasteiger charge is -2.34. The third-order valence-electron chi connectivity index (χ3n) is 5.92. The molecule has 1 aliphatic rings. The SMILES string of the molecule is CCC[C@@H]1CC[C@@H](c2ccc(-c3ccc(CC)cn3)cc2)C[C@@H]1C. The molecule has 0 spiro atoms. The molecule has 3 rings (SSSR count). The molecule has 0 saturated heterocycles. The van der Waals surface area contributed by atoms with Crippen molar-refractivity contribution in [2.24, 2.45) is 11.8 Å². The maximum absolute atomic E-state index is 4.60. The third kappa shape index (κ3) is 3.88. The predicted molar refractivity (Wildman–Crippen MR) is 103 cm³/mol. The van der Waals surface area contributed by atoms with E-state index < -0.39 is 0 Å². The fourth-order valence-corrected chi connectivity index (χ4v) is 4.29. The van der Waals surface area contributed by atoms with Gasteiger partial charge in [0.25, 0.3) is 0 Å². The molecule has 0 bridgehead atoms. The van der Waals surface area contributed by atoms with Crippen molar-refractivity contribution in [2.75, 3.05) is 0 Å². The van der Waals surface area contributed by atoms with Crippen molar-refractivity contribution in [2.45, 2.75) is 65.2 Å². The molecule has 1 aliphatic carbocycles. The second kappa shape index (κ2) is 7.96. The summed E-state index contributed by atoms with van der Waals surface area (Å²) in [4.78, 5) is 4.60. The highest BCUT2D eigenvalue weighted by Gasteiger charge is 2.27. The Hall–Kier alpha value is -1.63. The number of aryl methyl sites for hydroxylation is 1. The first-order valence-electron chi connectivity index (χ1n) is 9.76. The molecule has 0 N–H and O–H groups in total. The van der Waals surface area contributed by atoms with Crippen LogP contribution in [0, 0.1) is 11.8 Å². The van der Waals surface area contributed by atoms with Gasteiger partial charge < -0.3 is 0 Å². The Balaban J connectivity index is 1.68.